The minimum atomic E-state index is -6.38. The molecule has 7 nitrogen and oxygen atoms in total. The zero-order chi connectivity index (χ0) is 31.8. The summed E-state index contributed by atoms with van der Waals surface area (Å²) in [6.07, 6.45) is -6.23. The van der Waals surface area contributed by atoms with Crippen LogP contribution in [-0.2, 0) is 16.1 Å². The van der Waals surface area contributed by atoms with Crippen molar-refractivity contribution in [1.82, 2.24) is 0 Å². The number of esters is 2. The SMILES string of the molecule is Nc1ccc(N)c(COC(=O)C=Cc2ccc(OC(=O)c3ccc(OCCCC(F)(F)C(F)(F)C(F)(F)F)cc3)cc2)c1. The number of hydrogen-bond acceptors (Lipinski definition) is 7. The minimum absolute atomic E-state index is 0.0617. The first-order valence-corrected chi connectivity index (χ1v) is 12.5. The maximum Gasteiger partial charge on any atom is 0.459 e. The summed E-state index contributed by atoms with van der Waals surface area (Å²) < 4.78 is 105. The Hall–Kier alpha value is -4.75. The van der Waals surface area contributed by atoms with Gasteiger partial charge in [-0.3, -0.25) is 0 Å². The van der Waals surface area contributed by atoms with Gasteiger partial charge in [-0.25, -0.2) is 9.59 Å². The third-order valence-electron chi connectivity index (χ3n) is 5.85. The fourth-order valence-corrected chi connectivity index (χ4v) is 3.46. The van der Waals surface area contributed by atoms with Crippen LogP contribution < -0.4 is 20.9 Å². The molecule has 0 spiro atoms. The van der Waals surface area contributed by atoms with Crippen molar-refractivity contribution in [2.45, 2.75) is 37.5 Å². The molecule has 0 heterocycles. The summed E-state index contributed by atoms with van der Waals surface area (Å²) in [5.41, 5.74) is 13.7. The maximum atomic E-state index is 13.3. The van der Waals surface area contributed by atoms with Crippen molar-refractivity contribution in [3.05, 3.63) is 89.5 Å². The highest BCUT2D eigenvalue weighted by atomic mass is 19.4. The lowest BCUT2D eigenvalue weighted by molar-refractivity contribution is -0.355. The van der Waals surface area contributed by atoms with Crippen LogP contribution in [0.25, 0.3) is 6.08 Å². The molecule has 0 saturated heterocycles. The molecule has 3 aromatic carbocycles. The number of carbonyl (C=O) groups is 2. The van der Waals surface area contributed by atoms with E-state index in [1.807, 2.05) is 0 Å². The predicted octanol–water partition coefficient (Wildman–Crippen LogP) is 6.82. The molecule has 3 aromatic rings. The highest BCUT2D eigenvalue weighted by Crippen LogP contribution is 2.48. The van der Waals surface area contributed by atoms with E-state index in [-0.39, 0.29) is 23.7 Å². The van der Waals surface area contributed by atoms with E-state index in [4.69, 9.17) is 25.7 Å². The number of nitrogen functional groups attached to an aromatic ring is 2. The van der Waals surface area contributed by atoms with Gasteiger partial charge in [0, 0.05) is 29.4 Å². The number of hydrogen-bond donors (Lipinski definition) is 2. The van der Waals surface area contributed by atoms with Crippen LogP contribution >= 0.6 is 0 Å². The van der Waals surface area contributed by atoms with E-state index in [1.165, 1.54) is 48.6 Å². The van der Waals surface area contributed by atoms with Crippen LogP contribution in [0.1, 0.15) is 34.3 Å². The number of benzene rings is 3. The molecule has 3 rings (SSSR count). The van der Waals surface area contributed by atoms with Gasteiger partial charge in [0.25, 0.3) is 0 Å². The summed E-state index contributed by atoms with van der Waals surface area (Å²) in [6, 6.07) is 16.0. The summed E-state index contributed by atoms with van der Waals surface area (Å²) in [5.74, 6) is -12.6. The molecule has 230 valence electrons. The second-order valence-corrected chi connectivity index (χ2v) is 9.11. The topological polar surface area (TPSA) is 114 Å². The van der Waals surface area contributed by atoms with Gasteiger partial charge in [-0.2, -0.15) is 30.7 Å². The Morgan fingerprint density at radius 3 is 2.07 bits per heavy atom. The zero-order valence-corrected chi connectivity index (χ0v) is 22.2. The number of alkyl halides is 7. The summed E-state index contributed by atoms with van der Waals surface area (Å²) in [7, 11) is 0. The van der Waals surface area contributed by atoms with Crippen LogP contribution in [0.2, 0.25) is 0 Å². The Labute approximate surface area is 240 Å². The average Bonchev–Trinajstić information content (AvgIpc) is 2.95. The van der Waals surface area contributed by atoms with Gasteiger partial charge in [0.05, 0.1) is 12.2 Å². The first kappa shape index (κ1) is 32.8. The molecular formula is C29H25F7N2O5. The third-order valence-corrected chi connectivity index (χ3v) is 5.85. The summed E-state index contributed by atoms with van der Waals surface area (Å²) >= 11 is 0. The largest absolute Gasteiger partial charge is 0.494 e. The molecule has 0 aliphatic rings. The number of rotatable bonds is 12. The lowest BCUT2D eigenvalue weighted by Crippen LogP contribution is -2.51. The maximum absolute atomic E-state index is 13.3. The number of halogens is 7. The first-order chi connectivity index (χ1) is 20.1. The van der Waals surface area contributed by atoms with E-state index in [0.29, 0.717) is 22.5 Å². The zero-order valence-electron chi connectivity index (χ0n) is 22.2. The van der Waals surface area contributed by atoms with Gasteiger partial charge >= 0.3 is 30.0 Å². The van der Waals surface area contributed by atoms with E-state index in [2.05, 4.69) is 0 Å². The Bertz CT molecular complexity index is 1440. The summed E-state index contributed by atoms with van der Waals surface area (Å²) in [4.78, 5) is 24.4. The molecular weight excluding hydrogens is 589 g/mol. The van der Waals surface area contributed by atoms with Crippen molar-refractivity contribution in [2.24, 2.45) is 0 Å². The Kier molecular flexibility index (Phi) is 10.3. The van der Waals surface area contributed by atoms with Gasteiger partial charge in [0.15, 0.2) is 0 Å². The van der Waals surface area contributed by atoms with Crippen molar-refractivity contribution in [3.8, 4) is 11.5 Å². The van der Waals surface area contributed by atoms with Crippen molar-refractivity contribution in [3.63, 3.8) is 0 Å². The van der Waals surface area contributed by atoms with E-state index < -0.39 is 49.4 Å². The van der Waals surface area contributed by atoms with E-state index in [0.717, 1.165) is 0 Å². The number of nitrogens with two attached hydrogens (primary N) is 2. The highest BCUT2D eigenvalue weighted by molar-refractivity contribution is 5.91. The van der Waals surface area contributed by atoms with Crippen LogP contribution in [0.5, 0.6) is 11.5 Å². The fourth-order valence-electron chi connectivity index (χ4n) is 3.46. The minimum Gasteiger partial charge on any atom is -0.494 e. The molecule has 0 saturated carbocycles. The monoisotopic (exact) mass is 614 g/mol. The van der Waals surface area contributed by atoms with Crippen LogP contribution in [0.15, 0.2) is 72.8 Å². The van der Waals surface area contributed by atoms with E-state index >= 15 is 0 Å². The Morgan fingerprint density at radius 2 is 1.44 bits per heavy atom. The lowest BCUT2D eigenvalue weighted by atomic mass is 10.1. The van der Waals surface area contributed by atoms with Crippen molar-refractivity contribution in [2.75, 3.05) is 18.1 Å². The van der Waals surface area contributed by atoms with Crippen molar-refractivity contribution >= 4 is 29.4 Å². The van der Waals surface area contributed by atoms with Gasteiger partial charge in [-0.1, -0.05) is 12.1 Å². The molecule has 14 heteroatoms. The van der Waals surface area contributed by atoms with Crippen LogP contribution in [-0.4, -0.2) is 36.6 Å². The quantitative estimate of drug-likeness (QED) is 0.0575. The molecule has 0 radical (unpaired) electrons. The Morgan fingerprint density at radius 1 is 0.814 bits per heavy atom. The normalized spacial score (nSPS) is 12.3. The molecule has 4 N–H and O–H groups in total. The predicted molar refractivity (Wildman–Crippen MR) is 143 cm³/mol. The number of carbonyl (C=O) groups excluding carboxylic acids is 2. The summed E-state index contributed by atoms with van der Waals surface area (Å²) in [5, 5.41) is 0. The van der Waals surface area contributed by atoms with Gasteiger partial charge in [0.1, 0.15) is 18.1 Å². The van der Waals surface area contributed by atoms with Crippen molar-refractivity contribution in [1.29, 1.82) is 0 Å². The second kappa shape index (κ2) is 13.5. The van der Waals surface area contributed by atoms with Crippen LogP contribution in [0.4, 0.5) is 42.1 Å². The summed E-state index contributed by atoms with van der Waals surface area (Å²) in [6.45, 7) is -0.629. The molecule has 0 bridgehead atoms. The molecule has 0 amide bonds. The van der Waals surface area contributed by atoms with Gasteiger partial charge in [0.2, 0.25) is 0 Å². The van der Waals surface area contributed by atoms with Crippen LogP contribution in [0, 0.1) is 0 Å². The smallest absolute Gasteiger partial charge is 0.459 e. The second-order valence-electron chi connectivity index (χ2n) is 9.11. The van der Waals surface area contributed by atoms with Gasteiger partial charge in [-0.15, -0.1) is 0 Å². The van der Waals surface area contributed by atoms with Gasteiger partial charge < -0.3 is 25.7 Å². The molecule has 0 atom stereocenters. The molecule has 0 fully saturated rings. The molecule has 0 aliphatic heterocycles. The highest BCUT2D eigenvalue weighted by Gasteiger charge is 2.72. The molecule has 0 aliphatic carbocycles. The number of ether oxygens (including phenoxy) is 3. The standard InChI is InChI=1S/C29H25F7N2O5/c30-27(31,28(32,33)29(34,35)36)14-1-15-41-22-10-5-19(6-11-22)26(40)43-23-8-2-18(3-9-23)4-13-25(39)42-17-20-16-21(37)7-12-24(20)38/h2-13,16H,1,14-15,17,37-38H2. The number of anilines is 2. The molecule has 0 unspecified atom stereocenters. The average molecular weight is 615 g/mol. The first-order valence-electron chi connectivity index (χ1n) is 12.5. The van der Waals surface area contributed by atoms with Gasteiger partial charge in [-0.05, 0) is 72.7 Å². The van der Waals surface area contributed by atoms with E-state index in [1.54, 1.807) is 30.3 Å². The van der Waals surface area contributed by atoms with E-state index in [9.17, 15) is 40.3 Å². The lowest BCUT2D eigenvalue weighted by Gasteiger charge is -2.28. The Balaban J connectivity index is 1.45. The molecule has 0 aromatic heterocycles. The van der Waals surface area contributed by atoms with Crippen molar-refractivity contribution < 1.29 is 54.5 Å². The molecule has 43 heavy (non-hydrogen) atoms. The van der Waals surface area contributed by atoms with Crippen LogP contribution in [0.3, 0.4) is 0 Å². The fraction of sp³-hybridized carbons (Fsp3) is 0.241. The third kappa shape index (κ3) is 8.87.